The first-order valence-corrected chi connectivity index (χ1v) is 9.30. The minimum absolute atomic E-state index is 0.0549. The molecule has 1 N–H and O–H groups in total. The van der Waals surface area contributed by atoms with Gasteiger partial charge >= 0.3 is 0 Å². The van der Waals surface area contributed by atoms with Gasteiger partial charge in [-0.25, -0.2) is 0 Å². The molecule has 1 unspecified atom stereocenters. The maximum absolute atomic E-state index is 5.38. The summed E-state index contributed by atoms with van der Waals surface area (Å²) in [6.45, 7) is 2.07. The molecule has 1 fully saturated rings. The Morgan fingerprint density at radius 1 is 1.29 bits per heavy atom. The number of rotatable bonds is 4. The van der Waals surface area contributed by atoms with E-state index in [1.54, 1.807) is 6.20 Å². The third-order valence-electron chi connectivity index (χ3n) is 3.20. The molecule has 1 aliphatic heterocycles. The van der Waals surface area contributed by atoms with Gasteiger partial charge in [0.15, 0.2) is 0 Å². The van der Waals surface area contributed by atoms with Crippen molar-refractivity contribution in [2.24, 2.45) is 0 Å². The smallest absolute Gasteiger partial charge is 0.243 e. The second kappa shape index (κ2) is 7.29. The normalized spacial score (nSPS) is 18.3. The van der Waals surface area contributed by atoms with Gasteiger partial charge in [0.05, 0.1) is 6.04 Å². The van der Waals surface area contributed by atoms with E-state index >= 15 is 0 Å². The molecule has 5 nitrogen and oxygen atoms in total. The maximum atomic E-state index is 5.38. The molecule has 3 heterocycles. The molecule has 112 valence electrons. The Balaban J connectivity index is 1.65. The lowest BCUT2D eigenvalue weighted by Gasteiger charge is -2.18. The van der Waals surface area contributed by atoms with Crippen molar-refractivity contribution in [2.75, 3.05) is 23.0 Å². The molecule has 7 heteroatoms. The molecular formula is C14H18N4OS2. The quantitative estimate of drug-likeness (QED) is 0.928. The maximum Gasteiger partial charge on any atom is 0.243 e. The van der Waals surface area contributed by atoms with Crippen LogP contribution in [0.5, 0.6) is 0 Å². The Labute approximate surface area is 132 Å². The van der Waals surface area contributed by atoms with E-state index in [2.05, 4.69) is 27.4 Å². The van der Waals surface area contributed by atoms with E-state index in [-0.39, 0.29) is 6.04 Å². The van der Waals surface area contributed by atoms with E-state index in [0.717, 1.165) is 17.2 Å². The highest BCUT2D eigenvalue weighted by molar-refractivity contribution is 8.03. The first kappa shape index (κ1) is 14.9. The van der Waals surface area contributed by atoms with Crippen molar-refractivity contribution >= 4 is 23.5 Å². The van der Waals surface area contributed by atoms with Gasteiger partial charge in [0, 0.05) is 35.3 Å². The fourth-order valence-corrected chi connectivity index (χ4v) is 4.57. The number of nitrogens with one attached hydrogen (secondary N) is 1. The van der Waals surface area contributed by atoms with E-state index in [4.69, 9.17) is 4.52 Å². The molecule has 1 saturated heterocycles. The zero-order valence-corrected chi connectivity index (χ0v) is 13.5. The fourth-order valence-electron chi connectivity index (χ4n) is 2.15. The van der Waals surface area contributed by atoms with Gasteiger partial charge in [-0.15, -0.1) is 0 Å². The number of aromatic nitrogens is 3. The third kappa shape index (κ3) is 3.99. The highest BCUT2D eigenvalue weighted by Crippen LogP contribution is 2.20. The summed E-state index contributed by atoms with van der Waals surface area (Å²) in [6.07, 6.45) is 1.73. The van der Waals surface area contributed by atoms with Crippen molar-refractivity contribution in [3.8, 4) is 11.5 Å². The highest BCUT2D eigenvalue weighted by Gasteiger charge is 2.20. The van der Waals surface area contributed by atoms with Gasteiger partial charge in [0.1, 0.15) is 5.69 Å². The molecule has 0 aliphatic carbocycles. The number of nitrogens with zero attached hydrogens (tertiary/aromatic N) is 3. The van der Waals surface area contributed by atoms with Gasteiger partial charge < -0.3 is 9.84 Å². The minimum atomic E-state index is 0.0549. The molecule has 0 amide bonds. The zero-order chi connectivity index (χ0) is 14.5. The van der Waals surface area contributed by atoms with Crippen molar-refractivity contribution in [2.45, 2.75) is 19.0 Å². The molecule has 0 spiro atoms. The second-order valence-corrected chi connectivity index (χ2v) is 7.21. The van der Waals surface area contributed by atoms with Crippen molar-refractivity contribution in [3.63, 3.8) is 0 Å². The summed E-state index contributed by atoms with van der Waals surface area (Å²) in [4.78, 5) is 8.69. The van der Waals surface area contributed by atoms with Crippen molar-refractivity contribution in [3.05, 3.63) is 30.3 Å². The third-order valence-corrected chi connectivity index (χ3v) is 5.72. The van der Waals surface area contributed by atoms with Crippen LogP contribution in [0.3, 0.4) is 0 Å². The molecule has 2 aromatic rings. The summed E-state index contributed by atoms with van der Waals surface area (Å²) in [6, 6.07) is 6.21. The van der Waals surface area contributed by atoms with Gasteiger partial charge in [-0.3, -0.25) is 4.98 Å². The monoisotopic (exact) mass is 322 g/mol. The van der Waals surface area contributed by atoms with E-state index in [9.17, 15) is 0 Å². The van der Waals surface area contributed by atoms with Crippen LogP contribution in [-0.2, 0) is 0 Å². The second-order valence-electron chi connectivity index (χ2n) is 4.91. The molecule has 3 rings (SSSR count). The summed E-state index contributed by atoms with van der Waals surface area (Å²) in [5.74, 6) is 5.92. The molecule has 0 bridgehead atoms. The van der Waals surface area contributed by atoms with Crippen molar-refractivity contribution < 1.29 is 4.52 Å². The van der Waals surface area contributed by atoms with Crippen LogP contribution in [0.4, 0.5) is 0 Å². The van der Waals surface area contributed by atoms with Crippen LogP contribution in [0.25, 0.3) is 11.5 Å². The topological polar surface area (TPSA) is 63.8 Å². The largest absolute Gasteiger partial charge is 0.337 e. The zero-order valence-electron chi connectivity index (χ0n) is 11.9. The first-order chi connectivity index (χ1) is 10.3. The number of hydrogen-bond acceptors (Lipinski definition) is 7. The molecule has 1 aliphatic rings. The molecule has 1 atom stereocenters. The molecule has 0 aromatic carbocycles. The van der Waals surface area contributed by atoms with E-state index < -0.39 is 0 Å². The fraction of sp³-hybridized carbons (Fsp3) is 0.500. The van der Waals surface area contributed by atoms with Crippen LogP contribution in [-0.4, -0.2) is 44.2 Å². The molecular weight excluding hydrogens is 304 g/mol. The van der Waals surface area contributed by atoms with Crippen molar-refractivity contribution in [1.82, 2.24) is 20.4 Å². The summed E-state index contributed by atoms with van der Waals surface area (Å²) in [7, 11) is 0. The number of hydrogen-bond donors (Lipinski definition) is 1. The van der Waals surface area contributed by atoms with Crippen LogP contribution < -0.4 is 5.32 Å². The summed E-state index contributed by atoms with van der Waals surface area (Å²) in [5.41, 5.74) is 0.736. The van der Waals surface area contributed by atoms with E-state index in [1.165, 1.54) is 11.5 Å². The van der Waals surface area contributed by atoms with Gasteiger partial charge in [-0.05, 0) is 19.1 Å². The Morgan fingerprint density at radius 3 is 2.81 bits per heavy atom. The standard InChI is InChI=1S/C14H18N4OS2/c1-10(16-11-8-20-6-7-21-9-11)14-17-13(18-19-14)12-4-2-3-5-15-12/h2-5,10-11,16H,6-9H2,1H3. The van der Waals surface area contributed by atoms with Gasteiger partial charge in [-0.1, -0.05) is 11.2 Å². The van der Waals surface area contributed by atoms with Crippen LogP contribution in [0.1, 0.15) is 18.9 Å². The lowest BCUT2D eigenvalue weighted by molar-refractivity contribution is 0.332. The number of pyridine rings is 1. The lowest BCUT2D eigenvalue weighted by atomic mass is 10.3. The van der Waals surface area contributed by atoms with Gasteiger partial charge in [-0.2, -0.15) is 28.5 Å². The Morgan fingerprint density at radius 2 is 2.10 bits per heavy atom. The Bertz CT molecular complexity index is 555. The molecule has 2 aromatic heterocycles. The summed E-state index contributed by atoms with van der Waals surface area (Å²) < 4.78 is 5.38. The average molecular weight is 322 g/mol. The van der Waals surface area contributed by atoms with Crippen molar-refractivity contribution in [1.29, 1.82) is 0 Å². The summed E-state index contributed by atoms with van der Waals surface area (Å²) in [5, 5.41) is 7.60. The SMILES string of the molecule is CC(NC1CSCCSC1)c1nc(-c2ccccn2)no1. The number of thioether (sulfide) groups is 2. The highest BCUT2D eigenvalue weighted by atomic mass is 32.2. The van der Waals surface area contributed by atoms with E-state index in [0.29, 0.717) is 17.8 Å². The molecule has 0 radical (unpaired) electrons. The summed E-state index contributed by atoms with van der Waals surface area (Å²) >= 11 is 4.01. The first-order valence-electron chi connectivity index (χ1n) is 6.99. The molecule has 21 heavy (non-hydrogen) atoms. The Kier molecular flexibility index (Phi) is 5.16. The van der Waals surface area contributed by atoms with Gasteiger partial charge in [0.25, 0.3) is 0 Å². The predicted octanol–water partition coefficient (Wildman–Crippen LogP) is 2.63. The van der Waals surface area contributed by atoms with E-state index in [1.807, 2.05) is 41.7 Å². The predicted molar refractivity (Wildman–Crippen MR) is 87.5 cm³/mol. The van der Waals surface area contributed by atoms with Crippen LogP contribution >= 0.6 is 23.5 Å². The lowest BCUT2D eigenvalue weighted by Crippen LogP contribution is -2.35. The van der Waals surface area contributed by atoms with Crippen LogP contribution in [0.2, 0.25) is 0 Å². The van der Waals surface area contributed by atoms with Crippen LogP contribution in [0, 0.1) is 0 Å². The molecule has 0 saturated carbocycles. The minimum Gasteiger partial charge on any atom is -0.337 e. The van der Waals surface area contributed by atoms with Gasteiger partial charge in [0.2, 0.25) is 11.7 Å². The average Bonchev–Trinajstić information content (AvgIpc) is 2.88. The van der Waals surface area contributed by atoms with Crippen LogP contribution in [0.15, 0.2) is 28.9 Å². The Hall–Kier alpha value is -1.05.